The Bertz CT molecular complexity index is 364. The Hall–Kier alpha value is -1.55. The SMILES string of the molecule is Cc1ccc(C)c(CNCCOC(N)=O)c1. The van der Waals surface area contributed by atoms with E-state index < -0.39 is 6.09 Å². The topological polar surface area (TPSA) is 64.3 Å². The molecule has 0 saturated carbocycles. The lowest BCUT2D eigenvalue weighted by Gasteiger charge is -2.08. The number of hydrogen-bond acceptors (Lipinski definition) is 3. The zero-order chi connectivity index (χ0) is 12.0. The van der Waals surface area contributed by atoms with Gasteiger partial charge in [-0.3, -0.25) is 0 Å². The molecule has 1 aromatic carbocycles. The Morgan fingerprint density at radius 3 is 2.88 bits per heavy atom. The number of ether oxygens (including phenoxy) is 1. The smallest absolute Gasteiger partial charge is 0.404 e. The van der Waals surface area contributed by atoms with Crippen molar-refractivity contribution < 1.29 is 9.53 Å². The Kier molecular flexibility index (Phi) is 4.79. The molecule has 88 valence electrons. The van der Waals surface area contributed by atoms with Gasteiger partial charge in [-0.25, -0.2) is 4.79 Å². The molecule has 0 fully saturated rings. The summed E-state index contributed by atoms with van der Waals surface area (Å²) in [4.78, 5) is 10.3. The first kappa shape index (κ1) is 12.5. The molecule has 0 spiro atoms. The molecule has 3 N–H and O–H groups in total. The van der Waals surface area contributed by atoms with Gasteiger partial charge >= 0.3 is 6.09 Å². The van der Waals surface area contributed by atoms with Crippen LogP contribution in [0.2, 0.25) is 0 Å². The van der Waals surface area contributed by atoms with Crippen LogP contribution in [0.25, 0.3) is 0 Å². The number of nitrogens with one attached hydrogen (secondary N) is 1. The van der Waals surface area contributed by atoms with Gasteiger partial charge < -0.3 is 15.8 Å². The third-order valence-electron chi connectivity index (χ3n) is 2.34. The Labute approximate surface area is 95.8 Å². The van der Waals surface area contributed by atoms with Crippen molar-refractivity contribution in [1.82, 2.24) is 5.32 Å². The third-order valence-corrected chi connectivity index (χ3v) is 2.34. The largest absolute Gasteiger partial charge is 0.448 e. The van der Waals surface area contributed by atoms with E-state index in [2.05, 4.69) is 42.1 Å². The summed E-state index contributed by atoms with van der Waals surface area (Å²) in [5.41, 5.74) is 8.61. The Morgan fingerprint density at radius 2 is 2.19 bits per heavy atom. The van der Waals surface area contributed by atoms with E-state index in [1.807, 2.05) is 0 Å². The fourth-order valence-corrected chi connectivity index (χ4v) is 1.44. The van der Waals surface area contributed by atoms with Crippen LogP contribution in [-0.2, 0) is 11.3 Å². The average Bonchev–Trinajstić information content (AvgIpc) is 2.22. The maximum atomic E-state index is 10.3. The lowest BCUT2D eigenvalue weighted by atomic mass is 10.1. The fourth-order valence-electron chi connectivity index (χ4n) is 1.44. The van der Waals surface area contributed by atoms with Crippen LogP contribution in [-0.4, -0.2) is 19.2 Å². The van der Waals surface area contributed by atoms with Crippen LogP contribution in [0, 0.1) is 13.8 Å². The zero-order valence-electron chi connectivity index (χ0n) is 9.75. The minimum Gasteiger partial charge on any atom is -0.448 e. The highest BCUT2D eigenvalue weighted by Gasteiger charge is 1.98. The molecule has 0 saturated heterocycles. The van der Waals surface area contributed by atoms with Crippen molar-refractivity contribution in [1.29, 1.82) is 0 Å². The van der Waals surface area contributed by atoms with E-state index in [0.29, 0.717) is 13.2 Å². The van der Waals surface area contributed by atoms with Crippen LogP contribution >= 0.6 is 0 Å². The van der Waals surface area contributed by atoms with Crippen molar-refractivity contribution in [3.8, 4) is 0 Å². The van der Waals surface area contributed by atoms with Crippen LogP contribution < -0.4 is 11.1 Å². The maximum absolute atomic E-state index is 10.3. The average molecular weight is 222 g/mol. The minimum absolute atomic E-state index is 0.306. The van der Waals surface area contributed by atoms with Crippen molar-refractivity contribution in [2.24, 2.45) is 5.73 Å². The molecule has 0 aliphatic heterocycles. The molecule has 1 aromatic rings. The highest BCUT2D eigenvalue weighted by Crippen LogP contribution is 2.09. The summed E-state index contributed by atoms with van der Waals surface area (Å²) >= 11 is 0. The first-order valence-corrected chi connectivity index (χ1v) is 5.28. The van der Waals surface area contributed by atoms with Crippen LogP contribution in [0.4, 0.5) is 4.79 Å². The van der Waals surface area contributed by atoms with Gasteiger partial charge in [0.05, 0.1) is 0 Å². The molecule has 0 unspecified atom stereocenters. The third kappa shape index (κ3) is 4.31. The molecule has 0 aromatic heterocycles. The lowest BCUT2D eigenvalue weighted by Crippen LogP contribution is -2.23. The van der Waals surface area contributed by atoms with E-state index in [0.717, 1.165) is 6.54 Å². The second-order valence-corrected chi connectivity index (χ2v) is 3.77. The van der Waals surface area contributed by atoms with E-state index in [1.54, 1.807) is 0 Å². The molecule has 4 nitrogen and oxygen atoms in total. The number of rotatable bonds is 5. The van der Waals surface area contributed by atoms with Crippen LogP contribution in [0.5, 0.6) is 0 Å². The number of primary amides is 1. The first-order chi connectivity index (χ1) is 7.59. The van der Waals surface area contributed by atoms with Gasteiger partial charge in [-0.2, -0.15) is 0 Å². The first-order valence-electron chi connectivity index (χ1n) is 5.28. The summed E-state index contributed by atoms with van der Waals surface area (Å²) in [6, 6.07) is 6.35. The number of carbonyl (C=O) groups excluding carboxylic acids is 1. The Morgan fingerprint density at radius 1 is 1.44 bits per heavy atom. The van der Waals surface area contributed by atoms with Gasteiger partial charge in [0.15, 0.2) is 0 Å². The summed E-state index contributed by atoms with van der Waals surface area (Å²) < 4.78 is 4.61. The van der Waals surface area contributed by atoms with Crippen molar-refractivity contribution in [2.45, 2.75) is 20.4 Å². The molecule has 0 bridgehead atoms. The molecule has 16 heavy (non-hydrogen) atoms. The van der Waals surface area contributed by atoms with Crippen molar-refractivity contribution in [3.63, 3.8) is 0 Å². The summed E-state index contributed by atoms with van der Waals surface area (Å²) in [5.74, 6) is 0. The summed E-state index contributed by atoms with van der Waals surface area (Å²) in [6.07, 6.45) is -0.728. The van der Waals surface area contributed by atoms with Crippen molar-refractivity contribution in [2.75, 3.05) is 13.2 Å². The van der Waals surface area contributed by atoms with Crippen LogP contribution in [0.15, 0.2) is 18.2 Å². The minimum atomic E-state index is -0.728. The number of carbonyl (C=O) groups is 1. The quantitative estimate of drug-likeness (QED) is 0.742. The molecule has 0 atom stereocenters. The van der Waals surface area contributed by atoms with Gasteiger partial charge in [0.2, 0.25) is 0 Å². The molecule has 0 aliphatic carbocycles. The van der Waals surface area contributed by atoms with Crippen LogP contribution in [0.3, 0.4) is 0 Å². The van der Waals surface area contributed by atoms with Gasteiger partial charge in [0, 0.05) is 13.1 Å². The molecule has 1 rings (SSSR count). The fraction of sp³-hybridized carbons (Fsp3) is 0.417. The van der Waals surface area contributed by atoms with Crippen LogP contribution in [0.1, 0.15) is 16.7 Å². The number of hydrogen-bond donors (Lipinski definition) is 2. The van der Waals surface area contributed by atoms with Gasteiger partial charge in [-0.1, -0.05) is 23.8 Å². The Balaban J connectivity index is 2.31. The number of amides is 1. The van der Waals surface area contributed by atoms with E-state index in [9.17, 15) is 4.79 Å². The highest BCUT2D eigenvalue weighted by molar-refractivity contribution is 5.64. The molecule has 0 aliphatic rings. The summed E-state index contributed by atoms with van der Waals surface area (Å²) in [7, 11) is 0. The second kappa shape index (κ2) is 6.12. The predicted molar refractivity (Wildman–Crippen MR) is 63.2 cm³/mol. The number of aryl methyl sites for hydroxylation is 2. The molecular weight excluding hydrogens is 204 g/mol. The highest BCUT2D eigenvalue weighted by atomic mass is 16.5. The van der Waals surface area contributed by atoms with E-state index in [-0.39, 0.29) is 0 Å². The lowest BCUT2D eigenvalue weighted by molar-refractivity contribution is 0.157. The summed E-state index contributed by atoms with van der Waals surface area (Å²) in [6.45, 7) is 5.83. The standard InChI is InChI=1S/C12H18N2O2/c1-9-3-4-10(2)11(7-9)8-14-5-6-16-12(13)15/h3-4,7,14H,5-6,8H2,1-2H3,(H2,13,15). The van der Waals surface area contributed by atoms with Gasteiger partial charge in [-0.05, 0) is 25.0 Å². The second-order valence-electron chi connectivity index (χ2n) is 3.77. The van der Waals surface area contributed by atoms with Crippen molar-refractivity contribution >= 4 is 6.09 Å². The molecule has 1 amide bonds. The predicted octanol–water partition coefficient (Wildman–Crippen LogP) is 1.49. The molecule has 0 heterocycles. The number of benzene rings is 1. The molecule has 4 heteroatoms. The van der Waals surface area contributed by atoms with Gasteiger partial charge in [-0.15, -0.1) is 0 Å². The monoisotopic (exact) mass is 222 g/mol. The van der Waals surface area contributed by atoms with E-state index >= 15 is 0 Å². The summed E-state index contributed by atoms with van der Waals surface area (Å²) in [5, 5.41) is 3.19. The van der Waals surface area contributed by atoms with Gasteiger partial charge in [0.1, 0.15) is 6.61 Å². The molecule has 0 radical (unpaired) electrons. The molecular formula is C12H18N2O2. The zero-order valence-corrected chi connectivity index (χ0v) is 9.75. The van der Waals surface area contributed by atoms with E-state index in [1.165, 1.54) is 16.7 Å². The van der Waals surface area contributed by atoms with Gasteiger partial charge in [0.25, 0.3) is 0 Å². The maximum Gasteiger partial charge on any atom is 0.404 e. The van der Waals surface area contributed by atoms with Crippen molar-refractivity contribution in [3.05, 3.63) is 34.9 Å². The van der Waals surface area contributed by atoms with E-state index in [4.69, 9.17) is 5.73 Å². The number of nitrogens with two attached hydrogens (primary N) is 1. The normalized spacial score (nSPS) is 10.1.